The van der Waals surface area contributed by atoms with E-state index in [1.807, 2.05) is 6.20 Å². The van der Waals surface area contributed by atoms with Crippen molar-refractivity contribution in [1.82, 2.24) is 4.98 Å². The van der Waals surface area contributed by atoms with Gasteiger partial charge in [0.1, 0.15) is 5.82 Å². The van der Waals surface area contributed by atoms with Crippen LogP contribution >= 0.6 is 27.5 Å². The van der Waals surface area contributed by atoms with Crippen LogP contribution in [0.2, 0.25) is 0 Å². The molecule has 1 unspecified atom stereocenters. The summed E-state index contributed by atoms with van der Waals surface area (Å²) in [6.07, 6.45) is 5.31. The molecule has 0 bridgehead atoms. The maximum absolute atomic E-state index is 5.82. The molecule has 0 radical (unpaired) electrons. The van der Waals surface area contributed by atoms with Gasteiger partial charge in [0.2, 0.25) is 0 Å². The van der Waals surface area contributed by atoms with Crippen LogP contribution in [0.15, 0.2) is 16.7 Å². The lowest BCUT2D eigenvalue weighted by atomic mass is 10.0. The van der Waals surface area contributed by atoms with E-state index in [-0.39, 0.29) is 0 Å². The SMILES string of the molecule is CCCC(CCCl)CNc1ncc(Br)cc1C. The molecule has 0 spiro atoms. The summed E-state index contributed by atoms with van der Waals surface area (Å²) in [7, 11) is 0. The molecule has 96 valence electrons. The number of aryl methyl sites for hydroxylation is 1. The highest BCUT2D eigenvalue weighted by Gasteiger charge is 2.08. The fourth-order valence-electron chi connectivity index (χ4n) is 1.88. The van der Waals surface area contributed by atoms with Crippen LogP contribution in [-0.4, -0.2) is 17.4 Å². The molecule has 4 heteroatoms. The summed E-state index contributed by atoms with van der Waals surface area (Å²) in [4.78, 5) is 4.38. The van der Waals surface area contributed by atoms with Gasteiger partial charge in [-0.3, -0.25) is 0 Å². The van der Waals surface area contributed by atoms with Crippen LogP contribution in [0.4, 0.5) is 5.82 Å². The molecule has 17 heavy (non-hydrogen) atoms. The standard InChI is InChI=1S/C13H20BrClN2/c1-3-4-11(5-6-15)8-16-13-10(2)7-12(14)9-17-13/h7,9,11H,3-6,8H2,1-2H3,(H,16,17). The Kier molecular flexibility index (Phi) is 6.90. The van der Waals surface area contributed by atoms with Gasteiger partial charge in [0.05, 0.1) is 0 Å². The van der Waals surface area contributed by atoms with Gasteiger partial charge in [0, 0.05) is 23.1 Å². The highest BCUT2D eigenvalue weighted by molar-refractivity contribution is 9.10. The van der Waals surface area contributed by atoms with Crippen LogP contribution in [-0.2, 0) is 0 Å². The highest BCUT2D eigenvalue weighted by atomic mass is 79.9. The summed E-state index contributed by atoms with van der Waals surface area (Å²) >= 11 is 9.23. The maximum Gasteiger partial charge on any atom is 0.128 e. The molecule has 1 N–H and O–H groups in total. The van der Waals surface area contributed by atoms with E-state index in [2.05, 4.69) is 46.1 Å². The largest absolute Gasteiger partial charge is 0.370 e. The molecule has 1 aromatic rings. The first-order valence-corrected chi connectivity index (χ1v) is 7.42. The van der Waals surface area contributed by atoms with Crippen molar-refractivity contribution in [2.45, 2.75) is 33.1 Å². The minimum Gasteiger partial charge on any atom is -0.370 e. The number of nitrogens with zero attached hydrogens (tertiary/aromatic N) is 1. The smallest absolute Gasteiger partial charge is 0.128 e. The van der Waals surface area contributed by atoms with Crippen LogP contribution in [0, 0.1) is 12.8 Å². The topological polar surface area (TPSA) is 24.9 Å². The summed E-state index contributed by atoms with van der Waals surface area (Å²) in [6, 6.07) is 2.08. The number of nitrogens with one attached hydrogen (secondary N) is 1. The molecule has 0 aliphatic rings. The Labute approximate surface area is 117 Å². The third-order valence-corrected chi connectivity index (χ3v) is 3.47. The Morgan fingerprint density at radius 2 is 2.24 bits per heavy atom. The van der Waals surface area contributed by atoms with Crippen LogP contribution in [0.1, 0.15) is 31.7 Å². The molecule has 1 aromatic heterocycles. The summed E-state index contributed by atoms with van der Waals surface area (Å²) in [5.74, 6) is 2.35. The lowest BCUT2D eigenvalue weighted by molar-refractivity contribution is 0.489. The Balaban J connectivity index is 2.52. The number of hydrogen-bond acceptors (Lipinski definition) is 2. The Hall–Kier alpha value is -0.280. The van der Waals surface area contributed by atoms with Crippen LogP contribution < -0.4 is 5.32 Å². The zero-order chi connectivity index (χ0) is 12.7. The average molecular weight is 320 g/mol. The van der Waals surface area contributed by atoms with E-state index in [4.69, 9.17) is 11.6 Å². The van der Waals surface area contributed by atoms with E-state index < -0.39 is 0 Å². The van der Waals surface area contributed by atoms with Crippen molar-refractivity contribution in [3.05, 3.63) is 22.3 Å². The van der Waals surface area contributed by atoms with Crippen molar-refractivity contribution in [3.8, 4) is 0 Å². The van der Waals surface area contributed by atoms with Crippen LogP contribution in [0.25, 0.3) is 0 Å². The number of aromatic nitrogens is 1. The quantitative estimate of drug-likeness (QED) is 0.742. The normalized spacial score (nSPS) is 12.5. The van der Waals surface area contributed by atoms with Gasteiger partial charge >= 0.3 is 0 Å². The first-order chi connectivity index (χ1) is 8.17. The summed E-state index contributed by atoms with van der Waals surface area (Å²) in [5.41, 5.74) is 1.17. The van der Waals surface area contributed by atoms with Crippen molar-refractivity contribution in [2.24, 2.45) is 5.92 Å². The number of hydrogen-bond donors (Lipinski definition) is 1. The maximum atomic E-state index is 5.82. The molecule has 2 nitrogen and oxygen atoms in total. The lowest BCUT2D eigenvalue weighted by Crippen LogP contribution is -2.16. The first-order valence-electron chi connectivity index (χ1n) is 6.09. The van der Waals surface area contributed by atoms with Gasteiger partial charge in [-0.1, -0.05) is 13.3 Å². The van der Waals surface area contributed by atoms with Crippen molar-refractivity contribution >= 4 is 33.3 Å². The molecule has 1 atom stereocenters. The predicted octanol–water partition coefficient (Wildman–Crippen LogP) is 4.61. The minimum absolute atomic E-state index is 0.641. The van der Waals surface area contributed by atoms with Crippen LogP contribution in [0.5, 0.6) is 0 Å². The van der Waals surface area contributed by atoms with Gasteiger partial charge in [-0.25, -0.2) is 4.98 Å². The average Bonchev–Trinajstić information content (AvgIpc) is 2.28. The van der Waals surface area contributed by atoms with E-state index in [0.29, 0.717) is 5.92 Å². The van der Waals surface area contributed by atoms with Gasteiger partial charge in [-0.15, -0.1) is 11.6 Å². The molecule has 1 rings (SSSR count). The number of pyridine rings is 1. The summed E-state index contributed by atoms with van der Waals surface area (Å²) < 4.78 is 1.02. The van der Waals surface area contributed by atoms with Gasteiger partial charge in [-0.2, -0.15) is 0 Å². The second kappa shape index (κ2) is 7.93. The first kappa shape index (κ1) is 14.8. The molecule has 1 heterocycles. The molecular weight excluding hydrogens is 300 g/mol. The second-order valence-electron chi connectivity index (χ2n) is 4.33. The van der Waals surface area contributed by atoms with E-state index in [1.54, 1.807) is 0 Å². The van der Waals surface area contributed by atoms with Crippen molar-refractivity contribution in [3.63, 3.8) is 0 Å². The van der Waals surface area contributed by atoms with Gasteiger partial charge < -0.3 is 5.32 Å². The zero-order valence-corrected chi connectivity index (χ0v) is 12.8. The molecule has 0 amide bonds. The molecule has 0 fully saturated rings. The Bertz CT molecular complexity index is 338. The van der Waals surface area contributed by atoms with E-state index >= 15 is 0 Å². The van der Waals surface area contributed by atoms with Gasteiger partial charge in [0.15, 0.2) is 0 Å². The van der Waals surface area contributed by atoms with Crippen molar-refractivity contribution in [2.75, 3.05) is 17.7 Å². The molecule has 0 aliphatic carbocycles. The lowest BCUT2D eigenvalue weighted by Gasteiger charge is -2.17. The van der Waals surface area contributed by atoms with Crippen molar-refractivity contribution < 1.29 is 0 Å². The monoisotopic (exact) mass is 318 g/mol. The van der Waals surface area contributed by atoms with Gasteiger partial charge in [-0.05, 0) is 53.2 Å². The minimum atomic E-state index is 0.641. The van der Waals surface area contributed by atoms with Crippen LogP contribution in [0.3, 0.4) is 0 Å². The van der Waals surface area contributed by atoms with Crippen molar-refractivity contribution in [1.29, 1.82) is 0 Å². The Morgan fingerprint density at radius 1 is 1.47 bits per heavy atom. The fourth-order valence-corrected chi connectivity index (χ4v) is 2.63. The third kappa shape index (κ3) is 5.26. The highest BCUT2D eigenvalue weighted by Crippen LogP contribution is 2.18. The molecule has 0 saturated heterocycles. The zero-order valence-electron chi connectivity index (χ0n) is 10.5. The predicted molar refractivity (Wildman–Crippen MR) is 78.9 cm³/mol. The molecule has 0 saturated carbocycles. The fraction of sp³-hybridized carbons (Fsp3) is 0.615. The molecule has 0 aliphatic heterocycles. The van der Waals surface area contributed by atoms with E-state index in [0.717, 1.165) is 29.1 Å². The number of halogens is 2. The Morgan fingerprint density at radius 3 is 2.82 bits per heavy atom. The number of anilines is 1. The van der Waals surface area contributed by atoms with E-state index in [9.17, 15) is 0 Å². The second-order valence-corrected chi connectivity index (χ2v) is 5.63. The number of alkyl halides is 1. The molecule has 0 aromatic carbocycles. The third-order valence-electron chi connectivity index (χ3n) is 2.82. The summed E-state index contributed by atoms with van der Waals surface area (Å²) in [5, 5.41) is 3.42. The number of rotatable bonds is 7. The summed E-state index contributed by atoms with van der Waals surface area (Å²) in [6.45, 7) is 5.23. The molecular formula is C13H20BrClN2. The van der Waals surface area contributed by atoms with Gasteiger partial charge in [0.25, 0.3) is 0 Å². The van der Waals surface area contributed by atoms with E-state index in [1.165, 1.54) is 18.4 Å².